The molecule has 0 fully saturated rings. The number of anilines is 2. The molecule has 4 heterocycles. The van der Waals surface area contributed by atoms with Crippen LogP contribution in [0.15, 0.2) is 58.8 Å². The van der Waals surface area contributed by atoms with Gasteiger partial charge in [0.1, 0.15) is 0 Å². The van der Waals surface area contributed by atoms with Gasteiger partial charge in [-0.25, -0.2) is 4.79 Å². The van der Waals surface area contributed by atoms with E-state index in [0.29, 0.717) is 0 Å². The Kier molecular flexibility index (Phi) is 11.7. The monoisotopic (exact) mass is 834 g/mol. The van der Waals surface area contributed by atoms with Crippen molar-refractivity contribution in [2.45, 2.75) is 24.2 Å². The van der Waals surface area contributed by atoms with Crippen LogP contribution in [0.4, 0.5) is 20.2 Å². The molecule has 53 heavy (non-hydrogen) atoms. The quantitative estimate of drug-likeness (QED) is 0.134. The average molecular weight is 836 g/mol. The first-order chi connectivity index (χ1) is 25.1. The third-order valence-electron chi connectivity index (χ3n) is 6.37. The Morgan fingerprint density at radius 2 is 1.13 bits per heavy atom. The lowest BCUT2D eigenvalue weighted by Crippen LogP contribution is -2.18. The number of hydrogen-bond donors (Lipinski definition) is 2. The van der Waals surface area contributed by atoms with Crippen LogP contribution in [0, 0.1) is 11.9 Å². The molecule has 2 N–H and O–H groups in total. The predicted octanol–water partition coefficient (Wildman–Crippen LogP) is 4.67. The lowest BCUT2D eigenvalue weighted by atomic mass is 10.2. The molecule has 0 unspecified atom stereocenters. The van der Waals surface area contributed by atoms with Crippen LogP contribution in [0.3, 0.4) is 0 Å². The van der Waals surface area contributed by atoms with Gasteiger partial charge in [-0.05, 0) is 38.1 Å². The van der Waals surface area contributed by atoms with Crippen LogP contribution in [-0.4, -0.2) is 82.3 Å². The normalized spacial score (nSPS) is 11.5. The number of sulfonamides is 2. The minimum Gasteiger partial charge on any atom is -0.465 e. The van der Waals surface area contributed by atoms with Crippen LogP contribution in [0.25, 0.3) is 11.3 Å². The lowest BCUT2D eigenvalue weighted by Gasteiger charge is -2.11. The van der Waals surface area contributed by atoms with Crippen LogP contribution in [-0.2, 0) is 24.8 Å². The molecule has 25 heteroatoms. The number of para-hydroxylation sites is 2. The van der Waals surface area contributed by atoms with Crippen molar-refractivity contribution in [3.05, 3.63) is 81.1 Å². The second-order valence-electron chi connectivity index (χ2n) is 9.88. The highest BCUT2D eigenvalue weighted by Crippen LogP contribution is 2.32. The van der Waals surface area contributed by atoms with Crippen molar-refractivity contribution < 1.29 is 44.6 Å². The van der Waals surface area contributed by atoms with Crippen molar-refractivity contribution in [1.82, 2.24) is 39.2 Å². The van der Waals surface area contributed by atoms with Gasteiger partial charge in [0.05, 0.1) is 52.3 Å². The van der Waals surface area contributed by atoms with E-state index in [0.717, 1.165) is 28.3 Å². The lowest BCUT2D eigenvalue weighted by molar-refractivity contribution is 0.0602. The first kappa shape index (κ1) is 39.1. The minimum atomic E-state index is -4.40. The van der Waals surface area contributed by atoms with E-state index in [4.69, 9.17) is 44.3 Å². The molecule has 0 radical (unpaired) electrons. The van der Waals surface area contributed by atoms with E-state index in [1.807, 2.05) is 0 Å². The second kappa shape index (κ2) is 15.8. The summed E-state index contributed by atoms with van der Waals surface area (Å²) in [6.45, 7) is 3.63. The van der Waals surface area contributed by atoms with Crippen LogP contribution < -0.4 is 18.9 Å². The van der Waals surface area contributed by atoms with Gasteiger partial charge in [0.15, 0.2) is 11.3 Å². The fourth-order valence-electron chi connectivity index (χ4n) is 4.17. The smallest absolute Gasteiger partial charge is 0.340 e. The summed E-state index contributed by atoms with van der Waals surface area (Å²) in [5.74, 6) is -2.60. The Bertz CT molecular complexity index is 2560. The molecule has 18 nitrogen and oxygen atoms in total. The van der Waals surface area contributed by atoms with Gasteiger partial charge in [-0.2, -0.15) is 54.6 Å². The number of carbonyl (C=O) groups is 1. The zero-order chi connectivity index (χ0) is 38.7. The van der Waals surface area contributed by atoms with E-state index in [9.17, 15) is 30.4 Å². The molecule has 0 aliphatic heterocycles. The zero-order valence-electron chi connectivity index (χ0n) is 27.1. The summed E-state index contributed by atoms with van der Waals surface area (Å²) in [5, 5.41) is 6.46. The van der Waals surface area contributed by atoms with Gasteiger partial charge in [-0.15, -0.1) is 10.2 Å². The summed E-state index contributed by atoms with van der Waals surface area (Å²) < 4.78 is 98.8. The van der Waals surface area contributed by atoms with Gasteiger partial charge in [0.2, 0.25) is 11.9 Å². The van der Waals surface area contributed by atoms with Crippen molar-refractivity contribution in [2.75, 3.05) is 29.8 Å². The Hall–Kier alpha value is -5.16. The first-order valence-electron chi connectivity index (χ1n) is 14.6. The van der Waals surface area contributed by atoms with Crippen molar-refractivity contribution in [3.63, 3.8) is 0 Å². The fourth-order valence-corrected chi connectivity index (χ4v) is 7.02. The summed E-state index contributed by atoms with van der Waals surface area (Å²) in [7, 11) is -7.49. The first-order valence-corrected chi connectivity index (χ1v) is 18.7. The van der Waals surface area contributed by atoms with Crippen LogP contribution in [0.2, 0.25) is 15.1 Å². The molecule has 0 amide bonds. The number of fused-ring (bicyclic) bond motifs is 2. The van der Waals surface area contributed by atoms with Gasteiger partial charge in [-0.1, -0.05) is 46.9 Å². The number of methoxy groups -OCH3 is 1. The number of carbonyl (C=O) groups excluding carboxylic acids is 1. The summed E-state index contributed by atoms with van der Waals surface area (Å²) >= 11 is 17.9. The largest absolute Gasteiger partial charge is 0.465 e. The second-order valence-corrected chi connectivity index (χ2v) is 14.3. The molecule has 0 aliphatic rings. The number of benzene rings is 2. The van der Waals surface area contributed by atoms with Crippen molar-refractivity contribution in [2.24, 2.45) is 0 Å². The van der Waals surface area contributed by atoms with E-state index in [-0.39, 0.29) is 68.5 Å². The highest BCUT2D eigenvalue weighted by Gasteiger charge is 2.27. The maximum atomic E-state index is 13.6. The van der Waals surface area contributed by atoms with Gasteiger partial charge >= 0.3 is 18.0 Å². The molecule has 0 saturated carbocycles. The Morgan fingerprint density at radius 1 is 0.717 bits per heavy atom. The van der Waals surface area contributed by atoms with E-state index < -0.39 is 48.2 Å². The van der Waals surface area contributed by atoms with Gasteiger partial charge in [0.25, 0.3) is 30.4 Å². The van der Waals surface area contributed by atoms with Crippen LogP contribution >= 0.6 is 34.8 Å². The molecular formula is C28H23Cl3F2N10O8S2. The maximum absolute atomic E-state index is 13.6. The molecule has 0 spiro atoms. The topological polar surface area (TPSA) is 223 Å². The third-order valence-corrected chi connectivity index (χ3v) is 9.57. The molecule has 0 saturated heterocycles. The number of halogens is 5. The number of esters is 1. The van der Waals surface area contributed by atoms with Crippen LogP contribution in [0.1, 0.15) is 24.2 Å². The fraction of sp³-hybridized carbons (Fsp3) is 0.179. The highest BCUT2D eigenvalue weighted by atomic mass is 35.5. The Morgan fingerprint density at radius 3 is 1.57 bits per heavy atom. The van der Waals surface area contributed by atoms with E-state index in [1.54, 1.807) is 19.9 Å². The summed E-state index contributed by atoms with van der Waals surface area (Å²) in [4.78, 5) is 26.5. The van der Waals surface area contributed by atoms with Crippen molar-refractivity contribution >= 4 is 83.5 Å². The number of rotatable bonds is 11. The zero-order valence-corrected chi connectivity index (χ0v) is 31.0. The standard InChI is InChI=1S/C15H13ClFN5O5S.C13H10Cl2FN5O3S/c1-3-27-15-18-10(17)7-11-19-14(20-22(11)15)28(24,25)21-12-8(13(23)26-2)5-4-6-9(12)16;1-2-24-13-17-9(16)6-10-18-12(19-21(10)13)25(22,23)20-11-7(14)4-3-5-8(11)15/h4-7,21H,3H2,1-2H3;3-6,20H,2H2,1H3. The van der Waals surface area contributed by atoms with Gasteiger partial charge in [0, 0.05) is 12.1 Å². The van der Waals surface area contributed by atoms with Crippen molar-refractivity contribution in [3.8, 4) is 12.0 Å². The molecule has 4 aromatic heterocycles. The number of aromatic nitrogens is 8. The van der Waals surface area contributed by atoms with E-state index >= 15 is 0 Å². The summed E-state index contributed by atoms with van der Waals surface area (Å²) in [6.07, 6.45) is 0. The summed E-state index contributed by atoms with van der Waals surface area (Å²) in [5.41, 5.74) is -0.543. The van der Waals surface area contributed by atoms with Gasteiger partial charge in [-0.3, -0.25) is 9.44 Å². The highest BCUT2D eigenvalue weighted by molar-refractivity contribution is 7.92. The average Bonchev–Trinajstić information content (AvgIpc) is 3.74. The molecule has 0 atom stereocenters. The van der Waals surface area contributed by atoms with Crippen molar-refractivity contribution in [1.29, 1.82) is 0 Å². The maximum Gasteiger partial charge on any atom is 0.340 e. The third kappa shape index (κ3) is 8.57. The van der Waals surface area contributed by atoms with E-state index in [2.05, 4.69) is 44.3 Å². The molecule has 2 aromatic carbocycles. The van der Waals surface area contributed by atoms with E-state index in [1.165, 1.54) is 30.3 Å². The molecule has 280 valence electrons. The number of ether oxygens (including phenoxy) is 3. The number of nitrogens with zero attached hydrogens (tertiary/aromatic N) is 8. The predicted molar refractivity (Wildman–Crippen MR) is 185 cm³/mol. The number of nitrogens with one attached hydrogen (secondary N) is 2. The van der Waals surface area contributed by atoms with Crippen LogP contribution in [0.5, 0.6) is 12.0 Å². The molecule has 6 rings (SSSR count). The SMILES string of the molecule is CCOc1nc(F)cc2nc(S(=O)(=O)Nc3c(Cl)cccc3C(=O)OC)nn12.CCOc1nc(F)cc2nc(S(=O)(=O)Nc3c(Cl)cccc3Cl)nn12. The number of hydrogen-bond acceptors (Lipinski definition) is 14. The Balaban J connectivity index is 0.000000206. The summed E-state index contributed by atoms with van der Waals surface area (Å²) in [6, 6.07) is 10.0. The molecule has 6 aromatic rings. The molecular weight excluding hydrogens is 813 g/mol. The van der Waals surface area contributed by atoms with Gasteiger partial charge < -0.3 is 14.2 Å². The Labute approximate surface area is 313 Å². The molecule has 0 bridgehead atoms. The molecule has 0 aliphatic carbocycles. The minimum absolute atomic E-state index is 0.0148.